The molecule has 142 valence electrons. The summed E-state index contributed by atoms with van der Waals surface area (Å²) in [6, 6.07) is 17.6. The van der Waals surface area contributed by atoms with Gasteiger partial charge in [0.2, 0.25) is 11.8 Å². The van der Waals surface area contributed by atoms with Gasteiger partial charge >= 0.3 is 0 Å². The van der Waals surface area contributed by atoms with Crippen molar-refractivity contribution < 1.29 is 14.3 Å². The van der Waals surface area contributed by atoms with E-state index >= 15 is 0 Å². The highest BCUT2D eigenvalue weighted by molar-refractivity contribution is 6.00. The van der Waals surface area contributed by atoms with Crippen LogP contribution in [0.25, 0.3) is 0 Å². The number of para-hydroxylation sites is 2. The molecule has 3 rings (SSSR count). The summed E-state index contributed by atoms with van der Waals surface area (Å²) < 4.78 is 5.65. The molecule has 2 amide bonds. The molecular formula is C22H26N2O3. The zero-order valence-corrected chi connectivity index (χ0v) is 15.9. The SMILES string of the molecule is CC[C@H](Cc1ccccc1)N(C)C(=O)CN1C(=O)CCOc2ccccc21. The molecule has 0 N–H and O–H groups in total. The van der Waals surface area contributed by atoms with Crippen LogP contribution in [0.4, 0.5) is 5.69 Å². The molecule has 0 unspecified atom stereocenters. The summed E-state index contributed by atoms with van der Waals surface area (Å²) in [6.45, 7) is 2.45. The smallest absolute Gasteiger partial charge is 0.242 e. The minimum Gasteiger partial charge on any atom is -0.491 e. The summed E-state index contributed by atoms with van der Waals surface area (Å²) in [5.74, 6) is 0.496. The molecule has 27 heavy (non-hydrogen) atoms. The quantitative estimate of drug-likeness (QED) is 0.788. The Morgan fingerprint density at radius 2 is 1.85 bits per heavy atom. The van der Waals surface area contributed by atoms with Crippen molar-refractivity contribution in [2.75, 3.05) is 25.1 Å². The number of hydrogen-bond acceptors (Lipinski definition) is 3. The maximum atomic E-state index is 13.0. The summed E-state index contributed by atoms with van der Waals surface area (Å²) in [5, 5.41) is 0. The normalized spacial score (nSPS) is 14.7. The van der Waals surface area contributed by atoms with E-state index in [1.165, 1.54) is 5.56 Å². The van der Waals surface area contributed by atoms with Crippen LogP contribution in [0, 0.1) is 0 Å². The van der Waals surface area contributed by atoms with Gasteiger partial charge in [0.1, 0.15) is 12.3 Å². The minimum absolute atomic E-state index is 0.0288. The number of likely N-dealkylation sites (N-methyl/N-ethyl adjacent to an activating group) is 1. The van der Waals surface area contributed by atoms with Crippen molar-refractivity contribution in [2.24, 2.45) is 0 Å². The second-order valence-corrected chi connectivity index (χ2v) is 6.80. The fraction of sp³-hybridized carbons (Fsp3) is 0.364. The van der Waals surface area contributed by atoms with Crippen LogP contribution in [0.15, 0.2) is 54.6 Å². The first-order valence-corrected chi connectivity index (χ1v) is 9.42. The third kappa shape index (κ3) is 4.48. The van der Waals surface area contributed by atoms with Crippen molar-refractivity contribution >= 4 is 17.5 Å². The lowest BCUT2D eigenvalue weighted by atomic mass is 10.0. The molecule has 5 nitrogen and oxygen atoms in total. The van der Waals surface area contributed by atoms with Gasteiger partial charge in [0.05, 0.1) is 18.7 Å². The van der Waals surface area contributed by atoms with E-state index in [2.05, 4.69) is 19.1 Å². The Hall–Kier alpha value is -2.82. The number of nitrogens with zero attached hydrogens (tertiary/aromatic N) is 2. The Morgan fingerprint density at radius 1 is 1.15 bits per heavy atom. The number of hydrogen-bond donors (Lipinski definition) is 0. The van der Waals surface area contributed by atoms with Crippen LogP contribution in [-0.4, -0.2) is 43.0 Å². The maximum absolute atomic E-state index is 13.0. The topological polar surface area (TPSA) is 49.9 Å². The Balaban J connectivity index is 1.74. The number of anilines is 1. The minimum atomic E-state index is -0.0854. The van der Waals surface area contributed by atoms with Gasteiger partial charge in [-0.2, -0.15) is 0 Å². The lowest BCUT2D eigenvalue weighted by molar-refractivity contribution is -0.132. The molecule has 0 bridgehead atoms. The highest BCUT2D eigenvalue weighted by Gasteiger charge is 2.27. The monoisotopic (exact) mass is 366 g/mol. The second kappa shape index (κ2) is 8.71. The lowest BCUT2D eigenvalue weighted by Crippen LogP contribution is -2.45. The van der Waals surface area contributed by atoms with Crippen LogP contribution in [-0.2, 0) is 16.0 Å². The number of amides is 2. The molecule has 2 aromatic carbocycles. The zero-order valence-electron chi connectivity index (χ0n) is 15.9. The molecule has 0 aliphatic carbocycles. The van der Waals surface area contributed by atoms with Gasteiger partial charge in [0.15, 0.2) is 0 Å². The summed E-state index contributed by atoms with van der Waals surface area (Å²) in [5.41, 5.74) is 1.87. The number of rotatable bonds is 6. The Labute approximate surface area is 160 Å². The van der Waals surface area contributed by atoms with Crippen molar-refractivity contribution in [1.82, 2.24) is 4.90 Å². The third-order valence-corrected chi connectivity index (χ3v) is 5.05. The van der Waals surface area contributed by atoms with Crippen LogP contribution in [0.2, 0.25) is 0 Å². The Bertz CT molecular complexity index is 791. The molecule has 0 aromatic heterocycles. The average molecular weight is 366 g/mol. The van der Waals surface area contributed by atoms with Gasteiger partial charge in [0.25, 0.3) is 0 Å². The van der Waals surface area contributed by atoms with Crippen LogP contribution in [0.5, 0.6) is 5.75 Å². The van der Waals surface area contributed by atoms with Crippen LogP contribution in [0.1, 0.15) is 25.3 Å². The number of carbonyl (C=O) groups excluding carboxylic acids is 2. The van der Waals surface area contributed by atoms with Gasteiger partial charge in [-0.3, -0.25) is 14.5 Å². The van der Waals surface area contributed by atoms with Gasteiger partial charge in [-0.05, 0) is 30.5 Å². The van der Waals surface area contributed by atoms with Gasteiger partial charge in [-0.1, -0.05) is 49.4 Å². The first kappa shape index (κ1) is 19.0. The van der Waals surface area contributed by atoms with Gasteiger partial charge in [-0.15, -0.1) is 0 Å². The molecule has 5 heteroatoms. The number of fused-ring (bicyclic) bond motifs is 1. The summed E-state index contributed by atoms with van der Waals surface area (Å²) >= 11 is 0. The van der Waals surface area contributed by atoms with Crippen molar-refractivity contribution in [3.05, 3.63) is 60.2 Å². The molecule has 2 aromatic rings. The summed E-state index contributed by atoms with van der Waals surface area (Å²) in [6.07, 6.45) is 1.92. The molecule has 1 aliphatic heterocycles. The van der Waals surface area contributed by atoms with E-state index in [1.807, 2.05) is 49.5 Å². The third-order valence-electron chi connectivity index (χ3n) is 5.05. The van der Waals surface area contributed by atoms with E-state index < -0.39 is 0 Å². The first-order chi connectivity index (χ1) is 13.1. The number of benzene rings is 2. The Morgan fingerprint density at radius 3 is 2.59 bits per heavy atom. The van der Waals surface area contributed by atoms with E-state index in [0.717, 1.165) is 12.8 Å². The van der Waals surface area contributed by atoms with E-state index in [9.17, 15) is 9.59 Å². The molecule has 0 radical (unpaired) electrons. The van der Waals surface area contributed by atoms with Gasteiger partial charge in [-0.25, -0.2) is 0 Å². The summed E-state index contributed by atoms with van der Waals surface area (Å²) in [4.78, 5) is 28.8. The highest BCUT2D eigenvalue weighted by Crippen LogP contribution is 2.31. The predicted molar refractivity (Wildman–Crippen MR) is 106 cm³/mol. The predicted octanol–water partition coefficient (Wildman–Crippen LogP) is 3.28. The van der Waals surface area contributed by atoms with Crippen molar-refractivity contribution in [2.45, 2.75) is 32.2 Å². The van der Waals surface area contributed by atoms with Gasteiger partial charge < -0.3 is 9.64 Å². The molecule has 1 atom stereocenters. The maximum Gasteiger partial charge on any atom is 0.242 e. The lowest BCUT2D eigenvalue weighted by Gasteiger charge is -2.30. The molecular weight excluding hydrogens is 340 g/mol. The zero-order chi connectivity index (χ0) is 19.2. The largest absolute Gasteiger partial charge is 0.491 e. The molecule has 1 aliphatic rings. The number of ether oxygens (including phenoxy) is 1. The second-order valence-electron chi connectivity index (χ2n) is 6.80. The molecule has 1 heterocycles. The van der Waals surface area contributed by atoms with E-state index in [4.69, 9.17) is 4.74 Å². The molecule has 0 spiro atoms. The number of carbonyl (C=O) groups is 2. The van der Waals surface area contributed by atoms with E-state index in [1.54, 1.807) is 9.80 Å². The van der Waals surface area contributed by atoms with Crippen LogP contribution < -0.4 is 9.64 Å². The van der Waals surface area contributed by atoms with E-state index in [0.29, 0.717) is 18.0 Å². The van der Waals surface area contributed by atoms with Gasteiger partial charge in [0, 0.05) is 13.1 Å². The van der Waals surface area contributed by atoms with E-state index in [-0.39, 0.29) is 30.8 Å². The van der Waals surface area contributed by atoms with Crippen molar-refractivity contribution in [1.29, 1.82) is 0 Å². The summed E-state index contributed by atoms with van der Waals surface area (Å²) in [7, 11) is 1.82. The average Bonchev–Trinajstić information content (AvgIpc) is 2.85. The fourth-order valence-electron chi connectivity index (χ4n) is 3.38. The van der Waals surface area contributed by atoms with Crippen LogP contribution in [0.3, 0.4) is 0 Å². The van der Waals surface area contributed by atoms with Crippen LogP contribution >= 0.6 is 0 Å². The standard InChI is InChI=1S/C22H26N2O3/c1-3-18(15-17-9-5-4-6-10-17)23(2)22(26)16-24-19-11-7-8-12-20(19)27-14-13-21(24)25/h4-12,18H,3,13-16H2,1-2H3/t18-/m1/s1. The fourth-order valence-corrected chi connectivity index (χ4v) is 3.38. The molecule has 0 saturated carbocycles. The van der Waals surface area contributed by atoms with Crippen molar-refractivity contribution in [3.8, 4) is 5.75 Å². The Kier molecular flexibility index (Phi) is 6.12. The molecule has 0 fully saturated rings. The first-order valence-electron chi connectivity index (χ1n) is 9.42. The molecule has 0 saturated heterocycles. The van der Waals surface area contributed by atoms with Crippen molar-refractivity contribution in [3.63, 3.8) is 0 Å². The highest BCUT2D eigenvalue weighted by atomic mass is 16.5.